The van der Waals surface area contributed by atoms with Crippen molar-refractivity contribution in [2.75, 3.05) is 19.7 Å². The number of ether oxygens (including phenoxy) is 1. The van der Waals surface area contributed by atoms with Gasteiger partial charge in [-0.15, -0.1) is 0 Å². The Labute approximate surface area is 192 Å². The van der Waals surface area contributed by atoms with Gasteiger partial charge in [0, 0.05) is 42.7 Å². The van der Waals surface area contributed by atoms with Crippen LogP contribution < -0.4 is 10.3 Å². The molecule has 1 amide bonds. The van der Waals surface area contributed by atoms with Crippen LogP contribution in [0.4, 0.5) is 8.78 Å². The molecule has 0 saturated heterocycles. The molecule has 1 fully saturated rings. The summed E-state index contributed by atoms with van der Waals surface area (Å²) in [6, 6.07) is 4.68. The molecule has 0 N–H and O–H groups in total. The number of pyridine rings is 1. The number of rotatable bonds is 3. The number of carbonyl (C=O) groups excluding carboxylic acids is 1. The second-order valence-corrected chi connectivity index (χ2v) is 9.35. The Morgan fingerprint density at radius 1 is 1.24 bits per heavy atom. The van der Waals surface area contributed by atoms with Gasteiger partial charge in [-0.05, 0) is 31.5 Å². The Morgan fingerprint density at radius 2 is 2.06 bits per heavy atom. The van der Waals surface area contributed by atoms with Crippen LogP contribution in [0.5, 0.6) is 5.75 Å². The van der Waals surface area contributed by atoms with E-state index in [1.165, 1.54) is 10.6 Å². The van der Waals surface area contributed by atoms with Gasteiger partial charge in [0.15, 0.2) is 11.6 Å². The molecule has 2 aromatic heterocycles. The Kier molecular flexibility index (Phi) is 4.27. The van der Waals surface area contributed by atoms with E-state index in [2.05, 4.69) is 4.98 Å². The van der Waals surface area contributed by atoms with Gasteiger partial charge in [0.1, 0.15) is 11.4 Å². The number of amides is 1. The van der Waals surface area contributed by atoms with Crippen LogP contribution >= 0.6 is 11.6 Å². The average Bonchev–Trinajstić information content (AvgIpc) is 3.36. The highest BCUT2D eigenvalue weighted by molar-refractivity contribution is 6.30. The summed E-state index contributed by atoms with van der Waals surface area (Å²) in [6.45, 7) is 3.09. The highest BCUT2D eigenvalue weighted by atomic mass is 35.5. The molecule has 3 aromatic rings. The van der Waals surface area contributed by atoms with Gasteiger partial charge in [-0.2, -0.15) is 4.39 Å². The summed E-state index contributed by atoms with van der Waals surface area (Å²) in [4.78, 5) is 32.2. The molecule has 7 nitrogen and oxygen atoms in total. The number of carbonyl (C=O) groups is 1. The first-order valence-corrected chi connectivity index (χ1v) is 11.0. The quantitative estimate of drug-likeness (QED) is 0.549. The molecule has 2 aliphatic heterocycles. The lowest BCUT2D eigenvalue weighted by Gasteiger charge is -2.35. The topological polar surface area (TPSA) is 69.4 Å². The third-order valence-corrected chi connectivity index (χ3v) is 7.31. The van der Waals surface area contributed by atoms with E-state index >= 15 is 0 Å². The van der Waals surface area contributed by atoms with E-state index < -0.39 is 17.0 Å². The van der Waals surface area contributed by atoms with E-state index in [0.29, 0.717) is 43.0 Å². The summed E-state index contributed by atoms with van der Waals surface area (Å²) in [5.41, 5.74) is 1.22. The summed E-state index contributed by atoms with van der Waals surface area (Å²) in [7, 11) is 0. The van der Waals surface area contributed by atoms with E-state index in [9.17, 15) is 18.4 Å². The van der Waals surface area contributed by atoms with Crippen LogP contribution in [0.15, 0.2) is 35.5 Å². The molecule has 3 aliphatic rings. The number of imidazole rings is 1. The fraction of sp³-hybridized carbons (Fsp3) is 0.348. The average molecular weight is 473 g/mol. The predicted molar refractivity (Wildman–Crippen MR) is 115 cm³/mol. The van der Waals surface area contributed by atoms with Gasteiger partial charge in [0.2, 0.25) is 5.82 Å². The van der Waals surface area contributed by atoms with Gasteiger partial charge in [-0.25, -0.2) is 9.37 Å². The first kappa shape index (κ1) is 20.4. The van der Waals surface area contributed by atoms with Crippen molar-refractivity contribution in [3.05, 3.63) is 74.7 Å². The summed E-state index contributed by atoms with van der Waals surface area (Å²) >= 11 is 5.92. The van der Waals surface area contributed by atoms with Gasteiger partial charge in [0.25, 0.3) is 11.5 Å². The van der Waals surface area contributed by atoms with Gasteiger partial charge < -0.3 is 18.8 Å². The summed E-state index contributed by atoms with van der Waals surface area (Å²) in [6.07, 6.45) is 4.01. The van der Waals surface area contributed by atoms with Crippen LogP contribution in [0, 0.1) is 24.5 Å². The molecule has 10 heteroatoms. The van der Waals surface area contributed by atoms with Crippen molar-refractivity contribution >= 4 is 17.5 Å². The smallest absolute Gasteiger partial charge is 0.275 e. The number of halogens is 3. The van der Waals surface area contributed by atoms with E-state index in [-0.39, 0.29) is 34.8 Å². The van der Waals surface area contributed by atoms with Crippen LogP contribution in [-0.4, -0.2) is 44.6 Å². The fourth-order valence-corrected chi connectivity index (χ4v) is 5.37. The van der Waals surface area contributed by atoms with Crippen molar-refractivity contribution in [3.8, 4) is 11.4 Å². The highest BCUT2D eigenvalue weighted by Gasteiger charge is 2.61. The lowest BCUT2D eigenvalue weighted by Crippen LogP contribution is -2.48. The molecule has 0 spiro atoms. The number of hydrogen-bond acceptors (Lipinski definition) is 4. The molecule has 2 atom stereocenters. The minimum atomic E-state index is -1.13. The Morgan fingerprint density at radius 3 is 2.82 bits per heavy atom. The zero-order valence-corrected chi connectivity index (χ0v) is 18.4. The Balaban J connectivity index is 1.33. The fourth-order valence-electron chi connectivity index (χ4n) is 5.18. The molecule has 33 heavy (non-hydrogen) atoms. The number of aromatic nitrogens is 3. The maximum Gasteiger partial charge on any atom is 0.275 e. The number of aryl methyl sites for hydroxylation is 1. The molecular weight excluding hydrogens is 454 g/mol. The van der Waals surface area contributed by atoms with Crippen molar-refractivity contribution in [2.45, 2.75) is 25.3 Å². The lowest BCUT2D eigenvalue weighted by atomic mass is 9.89. The van der Waals surface area contributed by atoms with E-state index in [0.717, 1.165) is 5.69 Å². The van der Waals surface area contributed by atoms with Crippen molar-refractivity contribution in [1.29, 1.82) is 0 Å². The van der Waals surface area contributed by atoms with Crippen LogP contribution in [0.3, 0.4) is 0 Å². The number of hydrogen-bond donors (Lipinski definition) is 0. The molecule has 170 valence electrons. The number of fused-ring (bicyclic) bond motifs is 4. The van der Waals surface area contributed by atoms with Crippen molar-refractivity contribution in [3.63, 3.8) is 0 Å². The van der Waals surface area contributed by atoms with Crippen LogP contribution in [-0.2, 0) is 12.0 Å². The predicted octanol–water partition coefficient (Wildman–Crippen LogP) is 3.08. The minimum absolute atomic E-state index is 0.0923. The highest BCUT2D eigenvalue weighted by Crippen LogP contribution is 2.61. The monoisotopic (exact) mass is 472 g/mol. The molecule has 4 heterocycles. The normalized spacial score (nSPS) is 23.0. The van der Waals surface area contributed by atoms with Crippen LogP contribution in [0.1, 0.15) is 28.2 Å². The molecule has 0 bridgehead atoms. The first-order valence-electron chi connectivity index (χ1n) is 10.6. The van der Waals surface area contributed by atoms with Crippen LogP contribution in [0.25, 0.3) is 5.69 Å². The van der Waals surface area contributed by atoms with E-state index in [1.807, 2.05) is 6.92 Å². The standard InChI is InChI=1S/C23H19ClF2N4O3/c1-12-8-29(11-27-12)16-2-3-17-21(31)28(4-5-30(17)22(16)32)10-23-7-13(23)9-33-20-14(23)6-15(24)18(25)19(20)26/h2-3,6,8,11,13H,4-5,7,9-10H2,1H3/t13-,23+/m1/s1. The molecule has 6 rings (SSSR count). The minimum Gasteiger partial charge on any atom is -0.490 e. The largest absolute Gasteiger partial charge is 0.490 e. The maximum atomic E-state index is 14.5. The molecule has 1 aliphatic carbocycles. The van der Waals surface area contributed by atoms with Crippen molar-refractivity contribution < 1.29 is 18.3 Å². The van der Waals surface area contributed by atoms with Gasteiger partial charge in [-0.1, -0.05) is 11.6 Å². The Bertz CT molecular complexity index is 1400. The molecule has 1 aromatic carbocycles. The van der Waals surface area contributed by atoms with Gasteiger partial charge >= 0.3 is 0 Å². The van der Waals surface area contributed by atoms with Gasteiger partial charge in [0.05, 0.1) is 23.7 Å². The Hall–Kier alpha value is -3.20. The van der Waals surface area contributed by atoms with Crippen LogP contribution in [0.2, 0.25) is 5.02 Å². The van der Waals surface area contributed by atoms with Crippen molar-refractivity contribution in [2.24, 2.45) is 5.92 Å². The van der Waals surface area contributed by atoms with Gasteiger partial charge in [-0.3, -0.25) is 9.59 Å². The molecule has 1 saturated carbocycles. The van der Waals surface area contributed by atoms with E-state index in [1.54, 1.807) is 34.1 Å². The SMILES string of the molecule is Cc1cn(-c2ccc3n(c2=O)CCN(C[C@@]24C[C@@H]2COc2c4cc(Cl)c(F)c2F)C3=O)cn1. The lowest BCUT2D eigenvalue weighted by molar-refractivity contribution is 0.0669. The third-order valence-electron chi connectivity index (χ3n) is 7.03. The summed E-state index contributed by atoms with van der Waals surface area (Å²) in [5.74, 6) is -2.52. The zero-order valence-electron chi connectivity index (χ0n) is 17.6. The zero-order chi connectivity index (χ0) is 23.1. The number of nitrogens with zero attached hydrogens (tertiary/aromatic N) is 4. The van der Waals surface area contributed by atoms with E-state index in [4.69, 9.17) is 16.3 Å². The second-order valence-electron chi connectivity index (χ2n) is 8.94. The second kappa shape index (κ2) is 6.90. The third kappa shape index (κ3) is 2.88. The number of benzene rings is 1. The van der Waals surface area contributed by atoms with Crippen molar-refractivity contribution in [1.82, 2.24) is 19.0 Å². The molecule has 0 unspecified atom stereocenters. The summed E-state index contributed by atoms with van der Waals surface area (Å²) < 4.78 is 37.1. The maximum absolute atomic E-state index is 14.5. The first-order chi connectivity index (χ1) is 15.8. The molecule has 0 radical (unpaired) electrons. The summed E-state index contributed by atoms with van der Waals surface area (Å²) in [5, 5.41) is -0.300. The molecular formula is C23H19ClF2N4O3.